The van der Waals surface area contributed by atoms with Crippen molar-refractivity contribution in [2.24, 2.45) is 5.92 Å². The van der Waals surface area contributed by atoms with E-state index in [1.807, 2.05) is 49.4 Å². The van der Waals surface area contributed by atoms with Gasteiger partial charge in [-0.3, -0.25) is 9.69 Å². The topological polar surface area (TPSA) is 85.2 Å². The van der Waals surface area contributed by atoms with Gasteiger partial charge in [0.25, 0.3) is 0 Å². The van der Waals surface area contributed by atoms with Gasteiger partial charge < -0.3 is 10.1 Å². The Balaban J connectivity index is 1.49. The van der Waals surface area contributed by atoms with E-state index in [0.29, 0.717) is 24.7 Å². The lowest BCUT2D eigenvalue weighted by molar-refractivity contribution is -0.125. The Morgan fingerprint density at radius 2 is 1.94 bits per heavy atom. The third-order valence-electron chi connectivity index (χ3n) is 6.53. The normalized spacial score (nSPS) is 19.7. The molecule has 8 nitrogen and oxygen atoms in total. The van der Waals surface area contributed by atoms with Gasteiger partial charge in [0, 0.05) is 19.0 Å². The molecular formula is C25H32N6O2. The number of nitrogens with zero attached hydrogens (tertiary/aromatic N) is 5. The van der Waals surface area contributed by atoms with Crippen molar-refractivity contribution >= 4 is 5.91 Å². The molecule has 2 aromatic carbocycles. The Labute approximate surface area is 194 Å². The molecule has 1 aliphatic heterocycles. The standard InChI is InChI=1S/C25H32N6O2/c1-18-27-28-29-31(18)23(16-19-8-5-4-6-9-19)25(32)26-17-21-10-7-15-30(2)24(21)20-11-13-22(33-3)14-12-20/h4-6,8-9,11-14,21,23-24H,7,10,15-17H2,1-3H3,(H,26,32). The summed E-state index contributed by atoms with van der Waals surface area (Å²) >= 11 is 0. The molecule has 8 heteroatoms. The summed E-state index contributed by atoms with van der Waals surface area (Å²) in [7, 11) is 3.84. The van der Waals surface area contributed by atoms with Gasteiger partial charge in [-0.1, -0.05) is 42.5 Å². The maximum atomic E-state index is 13.4. The van der Waals surface area contributed by atoms with Crippen LogP contribution in [0.3, 0.4) is 0 Å². The first-order chi connectivity index (χ1) is 16.1. The van der Waals surface area contributed by atoms with Crippen LogP contribution in [0.4, 0.5) is 0 Å². The molecule has 3 atom stereocenters. The first kappa shape index (κ1) is 22.9. The SMILES string of the molecule is COc1ccc(C2C(CNC(=O)C(Cc3ccccc3)n3nnnc3C)CCCN2C)cc1. The third kappa shape index (κ3) is 5.39. The number of carbonyl (C=O) groups is 1. The van der Waals surface area contributed by atoms with Crippen molar-refractivity contribution in [3.63, 3.8) is 0 Å². The van der Waals surface area contributed by atoms with Crippen molar-refractivity contribution in [2.75, 3.05) is 27.2 Å². The van der Waals surface area contributed by atoms with E-state index in [9.17, 15) is 4.79 Å². The highest BCUT2D eigenvalue weighted by molar-refractivity contribution is 5.80. The zero-order valence-electron chi connectivity index (χ0n) is 19.5. The number of methoxy groups -OCH3 is 1. The fourth-order valence-corrected chi connectivity index (χ4v) is 4.80. The lowest BCUT2D eigenvalue weighted by atomic mass is 9.84. The Hall–Kier alpha value is -3.26. The molecule has 0 aliphatic carbocycles. The molecule has 174 valence electrons. The molecule has 2 heterocycles. The predicted molar refractivity (Wildman–Crippen MR) is 126 cm³/mol. The highest BCUT2D eigenvalue weighted by Gasteiger charge is 2.32. The van der Waals surface area contributed by atoms with Crippen molar-refractivity contribution in [3.8, 4) is 5.75 Å². The maximum absolute atomic E-state index is 13.4. The average molecular weight is 449 g/mol. The van der Waals surface area contributed by atoms with Crippen molar-refractivity contribution < 1.29 is 9.53 Å². The van der Waals surface area contributed by atoms with Gasteiger partial charge in [-0.05, 0) is 73.0 Å². The average Bonchev–Trinajstić information content (AvgIpc) is 3.27. The van der Waals surface area contributed by atoms with Crippen molar-refractivity contribution in [1.82, 2.24) is 30.4 Å². The quantitative estimate of drug-likeness (QED) is 0.570. The second kappa shape index (κ2) is 10.6. The molecular weight excluding hydrogens is 416 g/mol. The molecule has 1 N–H and O–H groups in total. The lowest BCUT2D eigenvalue weighted by Crippen LogP contribution is -2.43. The van der Waals surface area contributed by atoms with Crippen molar-refractivity contribution in [1.29, 1.82) is 0 Å². The molecule has 4 rings (SSSR count). The van der Waals surface area contributed by atoms with Gasteiger partial charge in [0.1, 0.15) is 17.6 Å². The maximum Gasteiger partial charge on any atom is 0.245 e. The van der Waals surface area contributed by atoms with Crippen LogP contribution in [0, 0.1) is 12.8 Å². The summed E-state index contributed by atoms with van der Waals surface area (Å²) in [6.45, 7) is 3.47. The smallest absolute Gasteiger partial charge is 0.245 e. The summed E-state index contributed by atoms with van der Waals surface area (Å²) in [5.41, 5.74) is 2.32. The molecule has 1 aliphatic rings. The minimum absolute atomic E-state index is 0.0593. The van der Waals surface area contributed by atoms with Crippen LogP contribution >= 0.6 is 0 Å². The number of ether oxygens (including phenoxy) is 1. The number of hydrogen-bond donors (Lipinski definition) is 1. The van der Waals surface area contributed by atoms with Gasteiger partial charge in [-0.2, -0.15) is 0 Å². The first-order valence-electron chi connectivity index (χ1n) is 11.5. The molecule has 1 saturated heterocycles. The van der Waals surface area contributed by atoms with Gasteiger partial charge in [-0.25, -0.2) is 4.68 Å². The van der Waals surface area contributed by atoms with Crippen LogP contribution in [0.2, 0.25) is 0 Å². The number of tetrazole rings is 1. The Morgan fingerprint density at radius 3 is 2.61 bits per heavy atom. The minimum atomic E-state index is -0.497. The van der Waals surface area contributed by atoms with Crippen LogP contribution < -0.4 is 10.1 Å². The largest absolute Gasteiger partial charge is 0.497 e. The Morgan fingerprint density at radius 1 is 1.18 bits per heavy atom. The summed E-state index contributed by atoms with van der Waals surface area (Å²) < 4.78 is 6.94. The number of piperidine rings is 1. The van der Waals surface area contributed by atoms with Crippen LogP contribution in [0.25, 0.3) is 0 Å². The fourth-order valence-electron chi connectivity index (χ4n) is 4.80. The molecule has 1 amide bonds. The number of amides is 1. The van der Waals surface area contributed by atoms with E-state index in [1.165, 1.54) is 5.56 Å². The van der Waals surface area contributed by atoms with Gasteiger partial charge in [0.2, 0.25) is 5.91 Å². The van der Waals surface area contributed by atoms with E-state index >= 15 is 0 Å². The molecule has 1 fully saturated rings. The van der Waals surface area contributed by atoms with Crippen LogP contribution in [0.5, 0.6) is 5.75 Å². The number of hydrogen-bond acceptors (Lipinski definition) is 6. The van der Waals surface area contributed by atoms with Crippen molar-refractivity contribution in [2.45, 2.75) is 38.3 Å². The minimum Gasteiger partial charge on any atom is -0.497 e. The number of benzene rings is 2. The highest BCUT2D eigenvalue weighted by Crippen LogP contribution is 2.35. The number of likely N-dealkylation sites (tertiary alicyclic amines) is 1. The Kier molecular flexibility index (Phi) is 7.34. The van der Waals surface area contributed by atoms with Gasteiger partial charge in [0.05, 0.1) is 7.11 Å². The van der Waals surface area contributed by atoms with Crippen LogP contribution in [0.15, 0.2) is 54.6 Å². The monoisotopic (exact) mass is 448 g/mol. The molecule has 0 saturated carbocycles. The molecule has 1 aromatic heterocycles. The summed E-state index contributed by atoms with van der Waals surface area (Å²) in [6.07, 6.45) is 2.71. The highest BCUT2D eigenvalue weighted by atomic mass is 16.5. The second-order valence-corrected chi connectivity index (χ2v) is 8.72. The van der Waals surface area contributed by atoms with Crippen LogP contribution in [-0.2, 0) is 11.2 Å². The summed E-state index contributed by atoms with van der Waals surface area (Å²) in [5, 5.41) is 15.1. The van der Waals surface area contributed by atoms with E-state index in [2.05, 4.69) is 44.9 Å². The third-order valence-corrected chi connectivity index (χ3v) is 6.53. The van der Waals surface area contributed by atoms with E-state index in [-0.39, 0.29) is 11.9 Å². The summed E-state index contributed by atoms with van der Waals surface area (Å²) in [6, 6.07) is 18.0. The van der Waals surface area contributed by atoms with Gasteiger partial charge in [0.15, 0.2) is 0 Å². The zero-order valence-corrected chi connectivity index (χ0v) is 19.5. The number of rotatable bonds is 8. The zero-order chi connectivity index (χ0) is 23.2. The Bertz CT molecular complexity index is 1040. The van der Waals surface area contributed by atoms with Crippen molar-refractivity contribution in [3.05, 3.63) is 71.5 Å². The predicted octanol–water partition coefficient (Wildman–Crippen LogP) is 2.97. The van der Waals surface area contributed by atoms with Gasteiger partial charge >= 0.3 is 0 Å². The number of aromatic nitrogens is 4. The van der Waals surface area contributed by atoms with E-state index < -0.39 is 6.04 Å². The summed E-state index contributed by atoms with van der Waals surface area (Å²) in [5.74, 6) is 1.73. The fraction of sp³-hybridized carbons (Fsp3) is 0.440. The molecule has 0 radical (unpaired) electrons. The summed E-state index contributed by atoms with van der Waals surface area (Å²) in [4.78, 5) is 15.8. The lowest BCUT2D eigenvalue weighted by Gasteiger charge is -2.40. The van der Waals surface area contributed by atoms with E-state index in [1.54, 1.807) is 11.8 Å². The number of carbonyl (C=O) groups excluding carboxylic acids is 1. The number of aryl methyl sites for hydroxylation is 1. The van der Waals surface area contributed by atoms with Crippen LogP contribution in [-0.4, -0.2) is 58.3 Å². The molecule has 0 bridgehead atoms. The van der Waals surface area contributed by atoms with Crippen LogP contribution in [0.1, 0.15) is 41.9 Å². The molecule has 33 heavy (non-hydrogen) atoms. The number of nitrogens with one attached hydrogen (secondary N) is 1. The van der Waals surface area contributed by atoms with Gasteiger partial charge in [-0.15, -0.1) is 5.10 Å². The van der Waals surface area contributed by atoms with E-state index in [0.717, 1.165) is 30.7 Å². The van der Waals surface area contributed by atoms with E-state index in [4.69, 9.17) is 4.74 Å². The second-order valence-electron chi connectivity index (χ2n) is 8.72. The first-order valence-corrected chi connectivity index (χ1v) is 11.5. The molecule has 3 aromatic rings. The molecule has 0 spiro atoms. The molecule has 3 unspecified atom stereocenters.